The van der Waals surface area contributed by atoms with Crippen molar-refractivity contribution in [1.29, 1.82) is 0 Å². The van der Waals surface area contributed by atoms with Crippen LogP contribution in [0.25, 0.3) is 27.9 Å². The van der Waals surface area contributed by atoms with E-state index in [1.807, 2.05) is 55.5 Å². The Balaban J connectivity index is 1.52. The van der Waals surface area contributed by atoms with Crippen molar-refractivity contribution >= 4 is 28.3 Å². The largest absolute Gasteiger partial charge is 0.355 e. The number of hydrogen-bond acceptors (Lipinski definition) is 6. The number of fused-ring (bicyclic) bond motifs is 1. The Kier molecular flexibility index (Phi) is 5.93. The summed E-state index contributed by atoms with van der Waals surface area (Å²) in [4.78, 5) is 24.8. The van der Waals surface area contributed by atoms with Crippen LogP contribution in [-0.2, 0) is 6.42 Å². The van der Waals surface area contributed by atoms with E-state index in [-0.39, 0.29) is 17.4 Å². The van der Waals surface area contributed by atoms with E-state index in [0.29, 0.717) is 29.1 Å². The average Bonchev–Trinajstić information content (AvgIpc) is 3.49. The molecule has 1 N–H and O–H groups in total. The number of rotatable bonds is 7. The predicted octanol–water partition coefficient (Wildman–Crippen LogP) is 5.48. The lowest BCUT2D eigenvalue weighted by atomic mass is 10.1. The minimum absolute atomic E-state index is 0.0716. The minimum atomic E-state index is -0.378. The number of ketones is 1. The molecule has 0 aliphatic heterocycles. The molecule has 0 unspecified atom stereocenters. The molecule has 0 saturated carbocycles. The van der Waals surface area contributed by atoms with E-state index in [0.717, 1.165) is 28.6 Å². The van der Waals surface area contributed by atoms with Crippen LogP contribution < -0.4 is 5.32 Å². The monoisotopic (exact) mass is 465 g/mol. The van der Waals surface area contributed by atoms with Crippen LogP contribution in [0.4, 0.5) is 5.69 Å². The SMILES string of the molecule is CCCc1c(C(=O)Nc2cccc(C(C)=O)c2)nnn1-c1ccc2noc(-c3ccccc3)c2c1. The van der Waals surface area contributed by atoms with Gasteiger partial charge in [0.15, 0.2) is 17.2 Å². The molecular weight excluding hydrogens is 442 g/mol. The maximum absolute atomic E-state index is 13.1. The Labute approximate surface area is 201 Å². The molecule has 0 aliphatic rings. The molecule has 3 aromatic carbocycles. The Morgan fingerprint density at radius 1 is 1.00 bits per heavy atom. The number of aromatic nitrogens is 4. The summed E-state index contributed by atoms with van der Waals surface area (Å²) in [7, 11) is 0. The smallest absolute Gasteiger partial charge is 0.278 e. The third kappa shape index (κ3) is 4.33. The van der Waals surface area contributed by atoms with Gasteiger partial charge >= 0.3 is 0 Å². The first-order valence-electron chi connectivity index (χ1n) is 11.4. The van der Waals surface area contributed by atoms with Crippen LogP contribution in [0.15, 0.2) is 77.3 Å². The van der Waals surface area contributed by atoms with Crippen molar-refractivity contribution < 1.29 is 14.1 Å². The number of benzene rings is 3. The highest BCUT2D eigenvalue weighted by Gasteiger charge is 2.21. The summed E-state index contributed by atoms with van der Waals surface area (Å²) in [6.45, 7) is 3.52. The van der Waals surface area contributed by atoms with E-state index in [1.54, 1.807) is 28.9 Å². The van der Waals surface area contributed by atoms with Crippen molar-refractivity contribution in [2.75, 3.05) is 5.32 Å². The second kappa shape index (κ2) is 9.34. The maximum Gasteiger partial charge on any atom is 0.278 e. The number of carbonyl (C=O) groups is 2. The lowest BCUT2D eigenvalue weighted by Gasteiger charge is -2.09. The van der Waals surface area contributed by atoms with Gasteiger partial charge in [-0.25, -0.2) is 4.68 Å². The summed E-state index contributed by atoms with van der Waals surface area (Å²) in [5.74, 6) is 0.220. The van der Waals surface area contributed by atoms with Crippen molar-refractivity contribution in [3.05, 3.63) is 89.7 Å². The number of anilines is 1. The topological polar surface area (TPSA) is 103 Å². The molecule has 0 radical (unpaired) electrons. The second-order valence-electron chi connectivity index (χ2n) is 8.22. The van der Waals surface area contributed by atoms with Gasteiger partial charge in [0.2, 0.25) is 0 Å². The molecule has 0 atom stereocenters. The van der Waals surface area contributed by atoms with Crippen molar-refractivity contribution in [2.45, 2.75) is 26.7 Å². The fraction of sp³-hybridized carbons (Fsp3) is 0.148. The van der Waals surface area contributed by atoms with Crippen molar-refractivity contribution in [3.8, 4) is 17.0 Å². The highest BCUT2D eigenvalue weighted by atomic mass is 16.5. The lowest BCUT2D eigenvalue weighted by Crippen LogP contribution is -2.16. The molecule has 0 bridgehead atoms. The zero-order chi connectivity index (χ0) is 24.4. The Morgan fingerprint density at radius 2 is 1.83 bits per heavy atom. The van der Waals surface area contributed by atoms with E-state index in [4.69, 9.17) is 4.52 Å². The number of carbonyl (C=O) groups excluding carboxylic acids is 2. The predicted molar refractivity (Wildman–Crippen MR) is 133 cm³/mol. The van der Waals surface area contributed by atoms with Crippen LogP contribution in [-0.4, -0.2) is 31.8 Å². The van der Waals surface area contributed by atoms with Gasteiger partial charge in [-0.15, -0.1) is 5.10 Å². The first-order chi connectivity index (χ1) is 17.0. The summed E-state index contributed by atoms with van der Waals surface area (Å²) in [6, 6.07) is 22.3. The van der Waals surface area contributed by atoms with Crippen molar-refractivity contribution in [2.24, 2.45) is 0 Å². The van der Waals surface area contributed by atoms with E-state index < -0.39 is 0 Å². The maximum atomic E-state index is 13.1. The number of nitrogens with zero attached hydrogens (tertiary/aromatic N) is 4. The zero-order valence-electron chi connectivity index (χ0n) is 19.4. The van der Waals surface area contributed by atoms with Crippen molar-refractivity contribution in [1.82, 2.24) is 20.2 Å². The van der Waals surface area contributed by atoms with Gasteiger partial charge < -0.3 is 9.84 Å². The van der Waals surface area contributed by atoms with E-state index in [9.17, 15) is 9.59 Å². The molecule has 2 aromatic heterocycles. The van der Waals surface area contributed by atoms with Gasteiger partial charge in [-0.05, 0) is 43.7 Å². The molecule has 35 heavy (non-hydrogen) atoms. The molecule has 0 spiro atoms. The highest BCUT2D eigenvalue weighted by Crippen LogP contribution is 2.30. The van der Waals surface area contributed by atoms with Gasteiger partial charge in [0.25, 0.3) is 5.91 Å². The van der Waals surface area contributed by atoms with E-state index in [2.05, 4.69) is 20.8 Å². The summed E-state index contributed by atoms with van der Waals surface area (Å²) >= 11 is 0. The molecule has 5 aromatic rings. The summed E-state index contributed by atoms with van der Waals surface area (Å²) < 4.78 is 7.31. The number of hydrogen-bond donors (Lipinski definition) is 1. The Hall–Kier alpha value is -4.59. The number of amides is 1. The Bertz CT molecular complexity index is 1540. The van der Waals surface area contributed by atoms with Gasteiger partial charge in [-0.1, -0.05) is 66.2 Å². The number of Topliss-reactive ketones (excluding diaryl/α,β-unsaturated/α-hetero) is 1. The van der Waals surface area contributed by atoms with Crippen LogP contribution in [0.1, 0.15) is 46.8 Å². The van der Waals surface area contributed by atoms with Gasteiger partial charge in [0.1, 0.15) is 5.52 Å². The zero-order valence-corrected chi connectivity index (χ0v) is 19.4. The Morgan fingerprint density at radius 3 is 2.60 bits per heavy atom. The first kappa shape index (κ1) is 22.2. The second-order valence-corrected chi connectivity index (χ2v) is 8.22. The highest BCUT2D eigenvalue weighted by molar-refractivity contribution is 6.04. The molecule has 1 amide bonds. The van der Waals surface area contributed by atoms with Crippen LogP contribution in [0.5, 0.6) is 0 Å². The number of nitrogens with one attached hydrogen (secondary N) is 1. The molecule has 0 saturated heterocycles. The molecule has 8 heteroatoms. The molecule has 2 heterocycles. The lowest BCUT2D eigenvalue weighted by molar-refractivity contribution is 0.100. The third-order valence-electron chi connectivity index (χ3n) is 5.73. The normalized spacial score (nSPS) is 11.0. The molecule has 8 nitrogen and oxygen atoms in total. The van der Waals surface area contributed by atoms with Crippen LogP contribution in [0.3, 0.4) is 0 Å². The van der Waals surface area contributed by atoms with E-state index in [1.165, 1.54) is 6.92 Å². The fourth-order valence-corrected chi connectivity index (χ4v) is 4.01. The summed E-state index contributed by atoms with van der Waals surface area (Å²) in [5.41, 5.74) is 4.40. The van der Waals surface area contributed by atoms with Crippen LogP contribution in [0, 0.1) is 0 Å². The van der Waals surface area contributed by atoms with E-state index >= 15 is 0 Å². The summed E-state index contributed by atoms with van der Waals surface area (Å²) in [6.07, 6.45) is 1.41. The third-order valence-corrected chi connectivity index (χ3v) is 5.73. The molecule has 0 fully saturated rings. The van der Waals surface area contributed by atoms with Crippen molar-refractivity contribution in [3.63, 3.8) is 0 Å². The first-order valence-corrected chi connectivity index (χ1v) is 11.4. The molecule has 0 aliphatic carbocycles. The molecular formula is C27H23N5O3. The van der Waals surface area contributed by atoms with Gasteiger partial charge in [-0.3, -0.25) is 9.59 Å². The van der Waals surface area contributed by atoms with Gasteiger partial charge in [0, 0.05) is 16.8 Å². The molecule has 5 rings (SSSR count). The van der Waals surface area contributed by atoms with Gasteiger partial charge in [0.05, 0.1) is 16.8 Å². The minimum Gasteiger partial charge on any atom is -0.355 e. The molecule has 174 valence electrons. The average molecular weight is 466 g/mol. The van der Waals surface area contributed by atoms with Crippen LogP contribution >= 0.6 is 0 Å². The standard InChI is InChI=1S/C27H23N5O3/c1-3-8-24-25(27(34)28-20-12-7-11-19(15-20)17(2)33)29-31-32(24)21-13-14-23-22(16-21)26(35-30-23)18-9-5-4-6-10-18/h4-7,9-16H,3,8H2,1-2H3,(H,28,34). The van der Waals surface area contributed by atoms with Crippen LogP contribution in [0.2, 0.25) is 0 Å². The quantitative estimate of drug-likeness (QED) is 0.319. The van der Waals surface area contributed by atoms with Gasteiger partial charge in [-0.2, -0.15) is 0 Å². The summed E-state index contributed by atoms with van der Waals surface area (Å²) in [5, 5.41) is 16.4. The fourth-order valence-electron chi connectivity index (χ4n) is 4.01.